The van der Waals surface area contributed by atoms with Crippen LogP contribution in [0.4, 0.5) is 0 Å². The summed E-state index contributed by atoms with van der Waals surface area (Å²) in [5.74, 6) is 0.0951. The van der Waals surface area contributed by atoms with Crippen LogP contribution in [0.1, 0.15) is 48.8 Å². The molecule has 1 atom stereocenters. The van der Waals surface area contributed by atoms with Crippen molar-refractivity contribution in [2.24, 2.45) is 0 Å². The summed E-state index contributed by atoms with van der Waals surface area (Å²) in [6.07, 6.45) is 0.509. The van der Waals surface area contributed by atoms with Gasteiger partial charge in [0.1, 0.15) is 0 Å². The number of nitrogens with one attached hydrogen (secondary N) is 2. The Morgan fingerprint density at radius 1 is 1.37 bits per heavy atom. The molecular weight excluding hydrogens is 238 g/mol. The number of hydrogen-bond acceptors (Lipinski definition) is 3. The van der Waals surface area contributed by atoms with E-state index in [1.807, 2.05) is 20.8 Å². The van der Waals surface area contributed by atoms with Gasteiger partial charge in [-0.2, -0.15) is 0 Å². The highest BCUT2D eigenvalue weighted by atomic mass is 16.1. The minimum absolute atomic E-state index is 0.0951. The normalized spacial score (nSPS) is 12.3. The van der Waals surface area contributed by atoms with Crippen molar-refractivity contribution in [3.05, 3.63) is 28.6 Å². The number of carbonyl (C=O) groups is 1. The number of rotatable bonds is 6. The van der Waals surface area contributed by atoms with Gasteiger partial charge in [-0.3, -0.25) is 9.78 Å². The third-order valence-corrected chi connectivity index (χ3v) is 3.19. The lowest BCUT2D eigenvalue weighted by Crippen LogP contribution is -2.29. The van der Waals surface area contributed by atoms with Gasteiger partial charge in [-0.25, -0.2) is 0 Å². The van der Waals surface area contributed by atoms with Crippen LogP contribution in [-0.2, 0) is 4.79 Å². The zero-order chi connectivity index (χ0) is 14.4. The number of carbonyl (C=O) groups excluding carboxylic acids is 1. The van der Waals surface area contributed by atoms with Gasteiger partial charge in [0, 0.05) is 36.9 Å². The van der Waals surface area contributed by atoms with E-state index in [1.165, 1.54) is 11.1 Å². The Morgan fingerprint density at radius 2 is 2.05 bits per heavy atom. The molecule has 1 heterocycles. The van der Waals surface area contributed by atoms with Crippen LogP contribution in [0.15, 0.2) is 6.07 Å². The minimum Gasteiger partial charge on any atom is -0.356 e. The molecule has 0 fully saturated rings. The molecule has 4 heteroatoms. The molecular formula is C15H25N3O. The first-order valence-corrected chi connectivity index (χ1v) is 6.90. The molecule has 0 aromatic carbocycles. The zero-order valence-electron chi connectivity index (χ0n) is 12.6. The van der Waals surface area contributed by atoms with Gasteiger partial charge in [0.05, 0.1) is 0 Å². The topological polar surface area (TPSA) is 54.0 Å². The summed E-state index contributed by atoms with van der Waals surface area (Å²) in [4.78, 5) is 15.9. The smallest absolute Gasteiger partial charge is 0.221 e. The van der Waals surface area contributed by atoms with Crippen LogP contribution < -0.4 is 10.6 Å². The Bertz CT molecular complexity index is 420. The maximum absolute atomic E-state index is 11.4. The maximum Gasteiger partial charge on any atom is 0.221 e. The predicted molar refractivity (Wildman–Crippen MR) is 78.2 cm³/mol. The minimum atomic E-state index is 0.0951. The molecule has 0 spiro atoms. The molecule has 1 amide bonds. The van der Waals surface area contributed by atoms with Crippen LogP contribution in [0.5, 0.6) is 0 Å². The third-order valence-electron chi connectivity index (χ3n) is 3.19. The molecule has 1 aromatic heterocycles. The van der Waals surface area contributed by atoms with Crippen LogP contribution in [0, 0.1) is 20.8 Å². The fourth-order valence-corrected chi connectivity index (χ4v) is 2.48. The number of hydrogen-bond donors (Lipinski definition) is 2. The highest BCUT2D eigenvalue weighted by Gasteiger charge is 2.12. The molecule has 0 saturated carbocycles. The van der Waals surface area contributed by atoms with Crippen LogP contribution in [0.25, 0.3) is 0 Å². The second-order valence-electron chi connectivity index (χ2n) is 4.96. The van der Waals surface area contributed by atoms with Crippen molar-refractivity contribution < 1.29 is 4.79 Å². The quantitative estimate of drug-likeness (QED) is 0.827. The highest BCUT2D eigenvalue weighted by molar-refractivity contribution is 5.75. The maximum atomic E-state index is 11.4. The Morgan fingerprint density at radius 3 is 2.63 bits per heavy atom. The fourth-order valence-electron chi connectivity index (χ4n) is 2.48. The Balaban J connectivity index is 2.59. The molecule has 0 bridgehead atoms. The fraction of sp³-hybridized carbons (Fsp3) is 0.600. The molecule has 4 nitrogen and oxygen atoms in total. The molecule has 2 N–H and O–H groups in total. The molecule has 1 unspecified atom stereocenters. The summed E-state index contributed by atoms with van der Waals surface area (Å²) >= 11 is 0. The highest BCUT2D eigenvalue weighted by Crippen LogP contribution is 2.20. The molecule has 0 saturated heterocycles. The van der Waals surface area contributed by atoms with Crippen molar-refractivity contribution in [3.8, 4) is 0 Å². The summed E-state index contributed by atoms with van der Waals surface area (Å²) in [5.41, 5.74) is 4.60. The van der Waals surface area contributed by atoms with Crippen molar-refractivity contribution in [2.45, 2.75) is 47.1 Å². The summed E-state index contributed by atoms with van der Waals surface area (Å²) < 4.78 is 0. The van der Waals surface area contributed by atoms with Gasteiger partial charge in [0.15, 0.2) is 0 Å². The van der Waals surface area contributed by atoms with Gasteiger partial charge >= 0.3 is 0 Å². The van der Waals surface area contributed by atoms with E-state index < -0.39 is 0 Å². The number of aromatic nitrogens is 1. The van der Waals surface area contributed by atoms with Gasteiger partial charge in [-0.15, -0.1) is 0 Å². The summed E-state index contributed by atoms with van der Waals surface area (Å²) in [5, 5.41) is 6.19. The average molecular weight is 263 g/mol. The van der Waals surface area contributed by atoms with Crippen molar-refractivity contribution in [1.82, 2.24) is 15.6 Å². The van der Waals surface area contributed by atoms with E-state index in [2.05, 4.69) is 35.5 Å². The summed E-state index contributed by atoms with van der Waals surface area (Å²) in [6, 6.07) is 2.31. The second kappa shape index (κ2) is 7.24. The van der Waals surface area contributed by atoms with Crippen molar-refractivity contribution in [2.75, 3.05) is 13.1 Å². The number of pyridine rings is 1. The van der Waals surface area contributed by atoms with Crippen LogP contribution in [0.3, 0.4) is 0 Å². The Kier molecular flexibility index (Phi) is 5.96. The molecule has 1 rings (SSSR count). The van der Waals surface area contributed by atoms with E-state index >= 15 is 0 Å². The van der Waals surface area contributed by atoms with E-state index in [1.54, 1.807) is 0 Å². The Hall–Kier alpha value is -1.42. The molecule has 0 aliphatic carbocycles. The lowest BCUT2D eigenvalue weighted by Gasteiger charge is -2.19. The molecule has 1 aromatic rings. The first-order valence-electron chi connectivity index (χ1n) is 6.90. The lowest BCUT2D eigenvalue weighted by atomic mass is 10.0. The first-order chi connectivity index (χ1) is 8.95. The van der Waals surface area contributed by atoms with Crippen LogP contribution >= 0.6 is 0 Å². The zero-order valence-corrected chi connectivity index (χ0v) is 12.6. The summed E-state index contributed by atoms with van der Waals surface area (Å²) in [7, 11) is 0. The van der Waals surface area contributed by atoms with E-state index in [0.717, 1.165) is 11.4 Å². The predicted octanol–water partition coefficient (Wildman–Crippen LogP) is 2.18. The SMILES string of the molecule is CCNC(=O)CCNC(C)c1c(C)cc(C)nc1C. The number of nitrogens with zero attached hydrogens (tertiary/aromatic N) is 1. The molecule has 19 heavy (non-hydrogen) atoms. The van der Waals surface area contributed by atoms with Gasteiger partial charge in [0.2, 0.25) is 5.91 Å². The van der Waals surface area contributed by atoms with Crippen LogP contribution in [0.2, 0.25) is 0 Å². The van der Waals surface area contributed by atoms with E-state index in [0.29, 0.717) is 19.5 Å². The second-order valence-corrected chi connectivity index (χ2v) is 4.96. The molecule has 106 valence electrons. The Labute approximate surface area is 116 Å². The number of aryl methyl sites for hydroxylation is 3. The van der Waals surface area contributed by atoms with Crippen LogP contribution in [-0.4, -0.2) is 24.0 Å². The van der Waals surface area contributed by atoms with Gasteiger partial charge in [-0.05, 0) is 51.8 Å². The molecule has 0 radical (unpaired) electrons. The van der Waals surface area contributed by atoms with Gasteiger partial charge in [-0.1, -0.05) is 0 Å². The first kappa shape index (κ1) is 15.6. The molecule has 0 aliphatic heterocycles. The van der Waals surface area contributed by atoms with Gasteiger partial charge < -0.3 is 10.6 Å². The number of amides is 1. The van der Waals surface area contributed by atoms with E-state index in [-0.39, 0.29) is 11.9 Å². The van der Waals surface area contributed by atoms with Crippen molar-refractivity contribution in [1.29, 1.82) is 0 Å². The van der Waals surface area contributed by atoms with Gasteiger partial charge in [0.25, 0.3) is 0 Å². The average Bonchev–Trinajstić information content (AvgIpc) is 2.27. The largest absolute Gasteiger partial charge is 0.356 e. The lowest BCUT2D eigenvalue weighted by molar-refractivity contribution is -0.120. The standard InChI is InChI=1S/C15H25N3O/c1-6-16-14(19)7-8-17-12(4)15-10(2)9-11(3)18-13(15)5/h9,12,17H,6-8H2,1-5H3,(H,16,19). The third kappa shape index (κ3) is 4.63. The van der Waals surface area contributed by atoms with E-state index in [4.69, 9.17) is 0 Å². The van der Waals surface area contributed by atoms with Crippen molar-refractivity contribution in [3.63, 3.8) is 0 Å². The van der Waals surface area contributed by atoms with Crippen molar-refractivity contribution >= 4 is 5.91 Å². The summed E-state index contributed by atoms with van der Waals surface area (Å²) in [6.45, 7) is 11.6. The molecule has 0 aliphatic rings. The van der Waals surface area contributed by atoms with E-state index in [9.17, 15) is 4.79 Å². The monoisotopic (exact) mass is 263 g/mol.